The fourth-order valence-electron chi connectivity index (χ4n) is 2.39. The maximum Gasteiger partial charge on any atom is 0.408 e. The van der Waals surface area contributed by atoms with Crippen LogP contribution in [0.25, 0.3) is 0 Å². The van der Waals surface area contributed by atoms with Crippen molar-refractivity contribution in [2.24, 2.45) is 0 Å². The quantitative estimate of drug-likeness (QED) is 0.339. The molecular weight excluding hydrogens is 338 g/mol. The fourth-order valence-corrected chi connectivity index (χ4v) is 2.39. The van der Waals surface area contributed by atoms with E-state index in [2.05, 4.69) is 11.9 Å². The Labute approximate surface area is 156 Å². The summed E-state index contributed by atoms with van der Waals surface area (Å²) in [5, 5.41) is 2.68. The van der Waals surface area contributed by atoms with E-state index in [1.54, 1.807) is 40.7 Å². The van der Waals surface area contributed by atoms with E-state index in [1.165, 1.54) is 0 Å². The lowest BCUT2D eigenvalue weighted by molar-refractivity contribution is -0.152. The molecule has 0 aliphatic rings. The van der Waals surface area contributed by atoms with E-state index in [-0.39, 0.29) is 25.4 Å². The van der Waals surface area contributed by atoms with Crippen molar-refractivity contribution >= 4 is 18.0 Å². The molecule has 26 heavy (non-hydrogen) atoms. The van der Waals surface area contributed by atoms with E-state index in [1.807, 2.05) is 0 Å². The zero-order valence-corrected chi connectivity index (χ0v) is 16.7. The summed E-state index contributed by atoms with van der Waals surface area (Å²) in [6.45, 7) is 12.8. The molecule has 0 fully saturated rings. The second kappa shape index (κ2) is 11.5. The Balaban J connectivity index is 5.32. The summed E-state index contributed by atoms with van der Waals surface area (Å²) in [7, 11) is 0. The van der Waals surface area contributed by atoms with Crippen LogP contribution in [0.5, 0.6) is 0 Å². The third-order valence-electron chi connectivity index (χ3n) is 3.47. The number of alkyl carbamates (subject to hydrolysis) is 1. The highest BCUT2D eigenvalue weighted by Crippen LogP contribution is 2.24. The number of allylic oxidation sites excluding steroid dienone is 1. The van der Waals surface area contributed by atoms with Crippen LogP contribution in [-0.2, 0) is 23.8 Å². The van der Waals surface area contributed by atoms with Gasteiger partial charge in [0, 0.05) is 6.42 Å². The van der Waals surface area contributed by atoms with Crippen LogP contribution >= 0.6 is 0 Å². The maximum absolute atomic E-state index is 12.6. The number of esters is 2. The normalized spacial score (nSPS) is 13.3. The third kappa shape index (κ3) is 9.44. The molecule has 1 N–H and O–H groups in total. The van der Waals surface area contributed by atoms with Gasteiger partial charge in [-0.1, -0.05) is 6.08 Å². The van der Waals surface area contributed by atoms with Crippen molar-refractivity contribution < 1.29 is 28.6 Å². The highest BCUT2D eigenvalue weighted by Gasteiger charge is 2.41. The summed E-state index contributed by atoms with van der Waals surface area (Å²) in [6.07, 6.45) is 2.51. The molecule has 150 valence electrons. The molecule has 0 rings (SSSR count). The molecule has 7 heteroatoms. The number of hydrogen-bond acceptors (Lipinski definition) is 6. The van der Waals surface area contributed by atoms with E-state index >= 15 is 0 Å². The Morgan fingerprint density at radius 1 is 1.04 bits per heavy atom. The van der Waals surface area contributed by atoms with Gasteiger partial charge < -0.3 is 19.5 Å². The van der Waals surface area contributed by atoms with Crippen LogP contribution in [-0.4, -0.2) is 42.4 Å². The summed E-state index contributed by atoms with van der Waals surface area (Å²) in [4.78, 5) is 36.5. The molecule has 0 spiro atoms. The van der Waals surface area contributed by atoms with Gasteiger partial charge in [0.1, 0.15) is 11.1 Å². The monoisotopic (exact) mass is 371 g/mol. The van der Waals surface area contributed by atoms with Crippen LogP contribution in [0.4, 0.5) is 4.79 Å². The van der Waals surface area contributed by atoms with Crippen LogP contribution < -0.4 is 5.32 Å². The van der Waals surface area contributed by atoms with Crippen molar-refractivity contribution in [1.29, 1.82) is 0 Å². The van der Waals surface area contributed by atoms with Gasteiger partial charge in [0.2, 0.25) is 0 Å². The van der Waals surface area contributed by atoms with Crippen LogP contribution in [0.15, 0.2) is 12.7 Å². The first-order valence-electron chi connectivity index (χ1n) is 9.05. The van der Waals surface area contributed by atoms with Gasteiger partial charge in [0.25, 0.3) is 0 Å². The summed E-state index contributed by atoms with van der Waals surface area (Å²) in [6, 6.07) is 0. The lowest BCUT2D eigenvalue weighted by Gasteiger charge is -2.33. The van der Waals surface area contributed by atoms with Crippen LogP contribution in [0, 0.1) is 0 Å². The van der Waals surface area contributed by atoms with E-state index in [0.29, 0.717) is 25.9 Å². The number of amides is 1. The average Bonchev–Trinajstić information content (AvgIpc) is 2.51. The molecule has 0 heterocycles. The molecular formula is C19H33NO6. The summed E-state index contributed by atoms with van der Waals surface area (Å²) >= 11 is 0. The lowest BCUT2D eigenvalue weighted by Crippen LogP contribution is -2.56. The van der Waals surface area contributed by atoms with Crippen molar-refractivity contribution in [1.82, 2.24) is 5.32 Å². The number of carbonyl (C=O) groups is 3. The summed E-state index contributed by atoms with van der Waals surface area (Å²) < 4.78 is 15.4. The Morgan fingerprint density at radius 3 is 2.15 bits per heavy atom. The molecule has 0 saturated heterocycles. The minimum atomic E-state index is -1.28. The van der Waals surface area contributed by atoms with Gasteiger partial charge in [-0.3, -0.25) is 4.79 Å². The molecule has 0 aliphatic carbocycles. The second-order valence-corrected chi connectivity index (χ2v) is 6.92. The molecule has 1 atom stereocenters. The predicted octanol–water partition coefficient (Wildman–Crippen LogP) is 3.51. The number of nitrogens with one attached hydrogen (secondary N) is 1. The fraction of sp³-hybridized carbons (Fsp3) is 0.737. The van der Waals surface area contributed by atoms with Crippen molar-refractivity contribution in [3.8, 4) is 0 Å². The first-order valence-corrected chi connectivity index (χ1v) is 9.05. The number of rotatable bonds is 11. The molecule has 0 aromatic heterocycles. The molecule has 0 bridgehead atoms. The average molecular weight is 371 g/mol. The molecule has 1 amide bonds. The largest absolute Gasteiger partial charge is 0.466 e. The zero-order valence-electron chi connectivity index (χ0n) is 16.7. The molecule has 0 saturated carbocycles. The van der Waals surface area contributed by atoms with Crippen LogP contribution in [0.3, 0.4) is 0 Å². The number of hydrogen-bond donors (Lipinski definition) is 1. The van der Waals surface area contributed by atoms with E-state index in [0.717, 1.165) is 0 Å². The minimum absolute atomic E-state index is 0.152. The molecule has 0 aromatic carbocycles. The third-order valence-corrected chi connectivity index (χ3v) is 3.47. The zero-order chi connectivity index (χ0) is 20.2. The van der Waals surface area contributed by atoms with E-state index < -0.39 is 23.2 Å². The highest BCUT2D eigenvalue weighted by molar-refractivity contribution is 5.86. The van der Waals surface area contributed by atoms with Gasteiger partial charge in [-0.05, 0) is 60.3 Å². The Morgan fingerprint density at radius 2 is 1.65 bits per heavy atom. The SMILES string of the molecule is C=CCC[C@@](CCCC(=O)OCC)(NC(=O)OC(C)(C)C)C(=O)OCC. The van der Waals surface area contributed by atoms with Gasteiger partial charge in [0.05, 0.1) is 13.2 Å². The summed E-state index contributed by atoms with van der Waals surface area (Å²) in [5.41, 5.74) is -1.98. The first-order chi connectivity index (χ1) is 12.1. The topological polar surface area (TPSA) is 90.9 Å². The van der Waals surface area contributed by atoms with Gasteiger partial charge >= 0.3 is 18.0 Å². The molecule has 7 nitrogen and oxygen atoms in total. The molecule has 0 unspecified atom stereocenters. The Kier molecular flexibility index (Phi) is 10.6. The van der Waals surface area contributed by atoms with Crippen LogP contribution in [0.1, 0.15) is 66.7 Å². The molecule has 0 aromatic rings. The standard InChI is InChI=1S/C19H33NO6/c1-7-10-13-19(16(22)25-9-3,14-11-12-15(21)24-8-2)20-17(23)26-18(4,5)6/h7H,1,8-14H2,2-6H3,(H,20,23)/t19-/m0/s1. The molecule has 0 radical (unpaired) electrons. The molecule has 0 aliphatic heterocycles. The highest BCUT2D eigenvalue weighted by atomic mass is 16.6. The van der Waals surface area contributed by atoms with Gasteiger partial charge in [-0.25, -0.2) is 9.59 Å². The van der Waals surface area contributed by atoms with Crippen LogP contribution in [0.2, 0.25) is 0 Å². The van der Waals surface area contributed by atoms with Crippen molar-refractivity contribution in [2.45, 2.75) is 77.9 Å². The minimum Gasteiger partial charge on any atom is -0.466 e. The number of ether oxygens (including phenoxy) is 3. The van der Waals surface area contributed by atoms with Gasteiger partial charge in [-0.2, -0.15) is 0 Å². The maximum atomic E-state index is 12.6. The predicted molar refractivity (Wildman–Crippen MR) is 98.6 cm³/mol. The first kappa shape index (κ1) is 23.9. The smallest absolute Gasteiger partial charge is 0.408 e. The Bertz CT molecular complexity index is 483. The van der Waals surface area contributed by atoms with Crippen molar-refractivity contribution in [2.75, 3.05) is 13.2 Å². The second-order valence-electron chi connectivity index (χ2n) is 6.92. The van der Waals surface area contributed by atoms with Crippen molar-refractivity contribution in [3.05, 3.63) is 12.7 Å². The van der Waals surface area contributed by atoms with Crippen molar-refractivity contribution in [3.63, 3.8) is 0 Å². The number of carbonyl (C=O) groups excluding carboxylic acids is 3. The summed E-state index contributed by atoms with van der Waals surface area (Å²) in [5.74, 6) is -0.886. The lowest BCUT2D eigenvalue weighted by atomic mass is 9.87. The van der Waals surface area contributed by atoms with E-state index in [9.17, 15) is 14.4 Å². The van der Waals surface area contributed by atoms with Gasteiger partial charge in [0.15, 0.2) is 0 Å². The van der Waals surface area contributed by atoms with Gasteiger partial charge in [-0.15, -0.1) is 6.58 Å². The van der Waals surface area contributed by atoms with E-state index in [4.69, 9.17) is 14.2 Å². The Hall–Kier alpha value is -2.05.